The minimum Gasteiger partial charge on any atom is -0.393 e. The predicted octanol–water partition coefficient (Wildman–Crippen LogP) is 2.11. The Hall–Kier alpha value is -2.14. The Bertz CT molecular complexity index is 650. The third-order valence-corrected chi connectivity index (χ3v) is 5.82. The van der Waals surface area contributed by atoms with Crippen molar-refractivity contribution in [1.82, 2.24) is 9.80 Å². The van der Waals surface area contributed by atoms with E-state index in [1.807, 2.05) is 35.2 Å². The van der Waals surface area contributed by atoms with Gasteiger partial charge < -0.3 is 14.9 Å². The van der Waals surface area contributed by atoms with Crippen LogP contribution in [0.2, 0.25) is 0 Å². The lowest BCUT2D eigenvalue weighted by atomic mass is 9.71. The van der Waals surface area contributed by atoms with Crippen LogP contribution in [0.4, 0.5) is 0 Å². The number of carbonyl (C=O) groups excluding carboxylic acids is 2. The summed E-state index contributed by atoms with van der Waals surface area (Å²) in [6.45, 7) is 5.98. The monoisotopic (exact) mass is 356 g/mol. The molecule has 0 radical (unpaired) electrons. The molecule has 0 saturated carbocycles. The number of nitrogens with zero attached hydrogens (tertiary/aromatic N) is 2. The molecule has 0 aliphatic carbocycles. The van der Waals surface area contributed by atoms with E-state index in [2.05, 4.69) is 6.58 Å². The summed E-state index contributed by atoms with van der Waals surface area (Å²) in [7, 11) is 0. The van der Waals surface area contributed by atoms with Crippen LogP contribution in [0.1, 0.15) is 37.7 Å². The number of carbonyl (C=O) groups is 2. The Morgan fingerprint density at radius 1 is 1.04 bits per heavy atom. The van der Waals surface area contributed by atoms with Crippen LogP contribution in [0.5, 0.6) is 0 Å². The molecular formula is C21H28N2O3. The highest BCUT2D eigenvalue weighted by Crippen LogP contribution is 2.38. The van der Waals surface area contributed by atoms with E-state index in [1.165, 1.54) is 6.08 Å². The predicted molar refractivity (Wildman–Crippen MR) is 101 cm³/mol. The second kappa shape index (κ2) is 8.04. The van der Waals surface area contributed by atoms with Gasteiger partial charge in [0.2, 0.25) is 11.8 Å². The van der Waals surface area contributed by atoms with E-state index in [1.54, 1.807) is 4.90 Å². The first kappa shape index (κ1) is 18.6. The molecule has 140 valence electrons. The molecule has 0 spiro atoms. The molecule has 26 heavy (non-hydrogen) atoms. The molecule has 1 aromatic rings. The summed E-state index contributed by atoms with van der Waals surface area (Å²) in [6, 6.07) is 9.95. The lowest BCUT2D eigenvalue weighted by Crippen LogP contribution is -2.54. The third kappa shape index (κ3) is 3.68. The van der Waals surface area contributed by atoms with Crippen molar-refractivity contribution in [3.8, 4) is 0 Å². The molecule has 2 heterocycles. The maximum atomic E-state index is 13.6. The van der Waals surface area contributed by atoms with Crippen LogP contribution in [-0.4, -0.2) is 59.0 Å². The molecule has 2 aliphatic heterocycles. The molecule has 0 aromatic heterocycles. The number of amides is 2. The van der Waals surface area contributed by atoms with Crippen LogP contribution in [-0.2, 0) is 15.0 Å². The van der Waals surface area contributed by atoms with Crippen molar-refractivity contribution in [3.63, 3.8) is 0 Å². The fraction of sp³-hybridized carbons (Fsp3) is 0.524. The largest absolute Gasteiger partial charge is 0.393 e. The van der Waals surface area contributed by atoms with Crippen LogP contribution in [0.15, 0.2) is 43.0 Å². The Morgan fingerprint density at radius 3 is 2.38 bits per heavy atom. The molecule has 1 N–H and O–H groups in total. The second-order valence-electron chi connectivity index (χ2n) is 7.35. The summed E-state index contributed by atoms with van der Waals surface area (Å²) in [5, 5.41) is 9.91. The van der Waals surface area contributed by atoms with Gasteiger partial charge in [0.15, 0.2) is 0 Å². The van der Waals surface area contributed by atoms with Gasteiger partial charge in [0, 0.05) is 26.2 Å². The number of benzene rings is 1. The molecule has 2 aliphatic rings. The highest BCUT2D eigenvalue weighted by atomic mass is 16.3. The van der Waals surface area contributed by atoms with E-state index < -0.39 is 5.41 Å². The zero-order chi connectivity index (χ0) is 18.6. The van der Waals surface area contributed by atoms with E-state index in [4.69, 9.17) is 0 Å². The molecule has 2 amide bonds. The summed E-state index contributed by atoms with van der Waals surface area (Å²) >= 11 is 0. The first-order chi connectivity index (χ1) is 12.6. The molecule has 2 saturated heterocycles. The minimum absolute atomic E-state index is 0.0722. The van der Waals surface area contributed by atoms with E-state index >= 15 is 0 Å². The number of aliphatic hydroxyl groups is 1. The molecule has 1 aromatic carbocycles. The average Bonchev–Trinajstić information content (AvgIpc) is 2.92. The topological polar surface area (TPSA) is 60.9 Å². The van der Waals surface area contributed by atoms with Crippen molar-refractivity contribution < 1.29 is 14.7 Å². The van der Waals surface area contributed by atoms with Crippen LogP contribution in [0.3, 0.4) is 0 Å². The number of likely N-dealkylation sites (tertiary alicyclic amines) is 2. The van der Waals surface area contributed by atoms with Crippen LogP contribution in [0.25, 0.3) is 0 Å². The van der Waals surface area contributed by atoms with Gasteiger partial charge in [0.25, 0.3) is 0 Å². The number of aliphatic hydroxyl groups excluding tert-OH is 1. The van der Waals surface area contributed by atoms with Crippen molar-refractivity contribution in [1.29, 1.82) is 0 Å². The van der Waals surface area contributed by atoms with Crippen LogP contribution < -0.4 is 0 Å². The summed E-state index contributed by atoms with van der Waals surface area (Å²) in [6.07, 6.45) is 4.49. The minimum atomic E-state index is -0.589. The average molecular weight is 356 g/mol. The Labute approximate surface area is 155 Å². The Morgan fingerprint density at radius 2 is 1.73 bits per heavy atom. The highest BCUT2D eigenvalue weighted by molar-refractivity contribution is 5.90. The van der Waals surface area contributed by atoms with Crippen LogP contribution >= 0.6 is 0 Å². The molecule has 2 fully saturated rings. The van der Waals surface area contributed by atoms with Crippen molar-refractivity contribution in [3.05, 3.63) is 48.6 Å². The lowest BCUT2D eigenvalue weighted by molar-refractivity contribution is -0.141. The van der Waals surface area contributed by atoms with Gasteiger partial charge in [0.1, 0.15) is 0 Å². The van der Waals surface area contributed by atoms with Gasteiger partial charge in [-0.05, 0) is 43.7 Å². The van der Waals surface area contributed by atoms with Crippen LogP contribution in [0, 0.1) is 0 Å². The molecular weight excluding hydrogens is 328 g/mol. The molecule has 1 unspecified atom stereocenters. The van der Waals surface area contributed by atoms with Gasteiger partial charge in [-0.1, -0.05) is 36.9 Å². The molecule has 0 bridgehead atoms. The van der Waals surface area contributed by atoms with E-state index in [-0.39, 0.29) is 17.9 Å². The SMILES string of the molecule is C=CC(=O)N1CCC(C(=O)N2CCCC(O)CC2)(c2ccccc2)CC1. The normalized spacial score (nSPS) is 23.2. The Balaban J connectivity index is 1.86. The number of rotatable bonds is 3. The molecule has 1 atom stereocenters. The summed E-state index contributed by atoms with van der Waals surface area (Å²) < 4.78 is 0. The number of hydrogen-bond acceptors (Lipinski definition) is 3. The summed E-state index contributed by atoms with van der Waals surface area (Å²) in [5.41, 5.74) is 0.439. The van der Waals surface area contributed by atoms with Gasteiger partial charge in [-0.25, -0.2) is 0 Å². The Kier molecular flexibility index (Phi) is 5.77. The van der Waals surface area contributed by atoms with E-state index in [9.17, 15) is 14.7 Å². The summed E-state index contributed by atoms with van der Waals surface area (Å²) in [4.78, 5) is 29.3. The first-order valence-corrected chi connectivity index (χ1v) is 9.51. The van der Waals surface area contributed by atoms with Crippen molar-refractivity contribution >= 4 is 11.8 Å². The summed E-state index contributed by atoms with van der Waals surface area (Å²) in [5.74, 6) is 0.0699. The van der Waals surface area contributed by atoms with Gasteiger partial charge in [-0.2, -0.15) is 0 Å². The number of piperidine rings is 1. The van der Waals surface area contributed by atoms with E-state index in [0.29, 0.717) is 45.4 Å². The maximum Gasteiger partial charge on any atom is 0.245 e. The van der Waals surface area contributed by atoms with Gasteiger partial charge in [-0.15, -0.1) is 0 Å². The fourth-order valence-corrected chi connectivity index (χ4v) is 4.21. The molecule has 3 rings (SSSR count). The smallest absolute Gasteiger partial charge is 0.245 e. The lowest BCUT2D eigenvalue weighted by Gasteiger charge is -2.43. The van der Waals surface area contributed by atoms with E-state index in [0.717, 1.165) is 18.4 Å². The maximum absolute atomic E-state index is 13.6. The third-order valence-electron chi connectivity index (χ3n) is 5.82. The molecule has 5 nitrogen and oxygen atoms in total. The van der Waals surface area contributed by atoms with Crippen molar-refractivity contribution in [2.45, 2.75) is 43.6 Å². The van der Waals surface area contributed by atoms with Gasteiger partial charge in [0.05, 0.1) is 11.5 Å². The zero-order valence-electron chi connectivity index (χ0n) is 15.3. The second-order valence-corrected chi connectivity index (χ2v) is 7.35. The first-order valence-electron chi connectivity index (χ1n) is 9.51. The van der Waals surface area contributed by atoms with Crippen molar-refractivity contribution in [2.75, 3.05) is 26.2 Å². The zero-order valence-corrected chi connectivity index (χ0v) is 15.3. The standard InChI is InChI=1S/C21H28N2O3/c1-2-19(25)22-15-11-21(12-16-22,17-7-4-3-5-8-17)20(26)23-13-6-9-18(24)10-14-23/h2-5,7-8,18,24H,1,6,9-16H2. The van der Waals surface area contributed by atoms with Crippen molar-refractivity contribution in [2.24, 2.45) is 0 Å². The molecule has 5 heteroatoms. The number of hydrogen-bond donors (Lipinski definition) is 1. The van der Waals surface area contributed by atoms with Gasteiger partial charge in [-0.3, -0.25) is 9.59 Å². The highest BCUT2D eigenvalue weighted by Gasteiger charge is 2.45. The quantitative estimate of drug-likeness (QED) is 0.844. The fourth-order valence-electron chi connectivity index (χ4n) is 4.21. The van der Waals surface area contributed by atoms with Gasteiger partial charge >= 0.3 is 0 Å².